The molecule has 1 saturated heterocycles. The first-order valence-electron chi connectivity index (χ1n) is 3.49. The lowest BCUT2D eigenvalue weighted by molar-refractivity contribution is 0.593. The van der Waals surface area contributed by atoms with Crippen molar-refractivity contribution in [2.75, 3.05) is 23.0 Å². The van der Waals surface area contributed by atoms with Crippen LogP contribution in [-0.4, -0.2) is 31.4 Å². The molecule has 1 aliphatic rings. The van der Waals surface area contributed by atoms with Crippen LogP contribution in [0.15, 0.2) is 0 Å². The molecule has 0 aromatic heterocycles. The van der Waals surface area contributed by atoms with Crippen molar-refractivity contribution in [3.8, 4) is 0 Å². The molecule has 0 aromatic carbocycles. The number of sulfone groups is 1. The van der Waals surface area contributed by atoms with Crippen molar-refractivity contribution in [1.82, 2.24) is 0 Å². The molecular weight excluding hydrogens is 168 g/mol. The Morgan fingerprint density at radius 2 is 1.50 bits per heavy atom. The van der Waals surface area contributed by atoms with Gasteiger partial charge >= 0.3 is 0 Å². The zero-order valence-corrected chi connectivity index (χ0v) is 7.51. The molecule has 2 nitrogen and oxygen atoms in total. The minimum atomic E-state index is -2.66. The summed E-state index contributed by atoms with van der Waals surface area (Å²) < 4.78 is 22.0. The van der Waals surface area contributed by atoms with E-state index in [4.69, 9.17) is 0 Å². The first kappa shape index (κ1) is 8.40. The van der Waals surface area contributed by atoms with Gasteiger partial charge in [-0.1, -0.05) is 0 Å². The number of hydrogen-bond acceptors (Lipinski definition) is 3. The summed E-state index contributed by atoms with van der Waals surface area (Å²) in [6.07, 6.45) is 1.68. The Balaban J connectivity index is 2.46. The van der Waals surface area contributed by atoms with E-state index in [1.165, 1.54) is 0 Å². The molecule has 0 amide bonds. The maximum atomic E-state index is 11.0. The molecule has 0 bridgehead atoms. The van der Waals surface area contributed by atoms with Gasteiger partial charge in [-0.15, -0.1) is 0 Å². The highest BCUT2D eigenvalue weighted by Gasteiger charge is 2.11. The van der Waals surface area contributed by atoms with Gasteiger partial charge in [0.25, 0.3) is 0 Å². The fourth-order valence-electron chi connectivity index (χ4n) is 0.966. The Kier molecular flexibility index (Phi) is 3.04. The van der Waals surface area contributed by atoms with Gasteiger partial charge in [-0.05, 0) is 24.3 Å². The zero-order valence-electron chi connectivity index (χ0n) is 5.88. The van der Waals surface area contributed by atoms with Crippen LogP contribution < -0.4 is 0 Å². The second kappa shape index (κ2) is 3.62. The summed E-state index contributed by atoms with van der Waals surface area (Å²) >= 11 is 1.87. The molecule has 0 N–H and O–H groups in total. The average molecular weight is 180 g/mol. The maximum absolute atomic E-state index is 11.0. The minimum absolute atomic E-state index is 0.403. The van der Waals surface area contributed by atoms with Gasteiger partial charge in [0.2, 0.25) is 0 Å². The molecule has 0 aliphatic carbocycles. The summed E-state index contributed by atoms with van der Waals surface area (Å²) in [5, 5.41) is 0. The molecule has 60 valence electrons. The average Bonchev–Trinajstić information content (AvgIpc) is 1.81. The normalized spacial score (nSPS) is 26.8. The molecule has 1 aliphatic heterocycles. The lowest BCUT2D eigenvalue weighted by Gasteiger charge is -2.07. The van der Waals surface area contributed by atoms with Crippen LogP contribution in [0.1, 0.15) is 12.8 Å². The number of rotatable bonds is 0. The van der Waals surface area contributed by atoms with E-state index in [2.05, 4.69) is 0 Å². The topological polar surface area (TPSA) is 34.1 Å². The van der Waals surface area contributed by atoms with E-state index in [0.717, 1.165) is 24.3 Å². The standard InChI is InChI=1S/C6H12O2S2/c7-10(8)5-1-3-9-4-2-6-10/h1-6H2. The highest BCUT2D eigenvalue weighted by atomic mass is 32.2. The van der Waals surface area contributed by atoms with Crippen molar-refractivity contribution in [1.29, 1.82) is 0 Å². The molecule has 0 unspecified atom stereocenters. The van der Waals surface area contributed by atoms with Gasteiger partial charge in [0.1, 0.15) is 9.84 Å². The predicted octanol–water partition coefficient (Wildman–Crippen LogP) is 0.928. The first-order valence-corrected chi connectivity index (χ1v) is 6.46. The Hall–Kier alpha value is 0.300. The molecule has 4 heteroatoms. The first-order chi connectivity index (χ1) is 4.71. The van der Waals surface area contributed by atoms with Crippen molar-refractivity contribution < 1.29 is 8.42 Å². The van der Waals surface area contributed by atoms with Crippen LogP contribution >= 0.6 is 11.8 Å². The summed E-state index contributed by atoms with van der Waals surface area (Å²) in [5.74, 6) is 2.83. The lowest BCUT2D eigenvalue weighted by atomic mass is 10.6. The third-order valence-corrected chi connectivity index (χ3v) is 4.46. The van der Waals surface area contributed by atoms with Crippen molar-refractivity contribution >= 4 is 21.6 Å². The SMILES string of the molecule is O=S1(=O)CCCSCCC1. The Morgan fingerprint density at radius 1 is 1.00 bits per heavy atom. The summed E-state index contributed by atoms with van der Waals surface area (Å²) in [6.45, 7) is 0. The summed E-state index contributed by atoms with van der Waals surface area (Å²) in [5.41, 5.74) is 0. The molecule has 1 heterocycles. The molecule has 1 fully saturated rings. The van der Waals surface area contributed by atoms with Crippen LogP contribution in [0.4, 0.5) is 0 Å². The van der Waals surface area contributed by atoms with Gasteiger partial charge < -0.3 is 0 Å². The van der Waals surface area contributed by atoms with Gasteiger partial charge in [0, 0.05) is 0 Å². The third-order valence-electron chi connectivity index (χ3n) is 1.49. The quantitative estimate of drug-likeness (QED) is 0.556. The van der Waals surface area contributed by atoms with Crippen LogP contribution in [0.25, 0.3) is 0 Å². The molecule has 0 radical (unpaired) electrons. The van der Waals surface area contributed by atoms with Crippen molar-refractivity contribution in [2.45, 2.75) is 12.8 Å². The number of hydrogen-bond donors (Lipinski definition) is 0. The van der Waals surface area contributed by atoms with E-state index in [9.17, 15) is 8.42 Å². The van der Waals surface area contributed by atoms with E-state index in [0.29, 0.717) is 11.5 Å². The highest BCUT2D eigenvalue weighted by Crippen LogP contribution is 2.11. The number of thioether (sulfide) groups is 1. The maximum Gasteiger partial charge on any atom is 0.150 e. The molecule has 0 atom stereocenters. The van der Waals surface area contributed by atoms with Crippen LogP contribution in [0.5, 0.6) is 0 Å². The van der Waals surface area contributed by atoms with E-state index >= 15 is 0 Å². The van der Waals surface area contributed by atoms with Gasteiger partial charge in [0.15, 0.2) is 0 Å². The smallest absolute Gasteiger partial charge is 0.150 e. The zero-order chi connectivity index (χ0) is 7.45. The molecule has 0 aromatic rings. The third kappa shape index (κ3) is 2.92. The van der Waals surface area contributed by atoms with Gasteiger partial charge in [-0.25, -0.2) is 8.42 Å². The summed E-state index contributed by atoms with van der Waals surface area (Å²) in [4.78, 5) is 0. The van der Waals surface area contributed by atoms with Gasteiger partial charge in [-0.3, -0.25) is 0 Å². The summed E-state index contributed by atoms with van der Waals surface area (Å²) in [6, 6.07) is 0. The van der Waals surface area contributed by atoms with Crippen LogP contribution in [0.3, 0.4) is 0 Å². The van der Waals surface area contributed by atoms with Crippen LogP contribution in [-0.2, 0) is 9.84 Å². The fraction of sp³-hybridized carbons (Fsp3) is 1.00. The van der Waals surface area contributed by atoms with E-state index in [-0.39, 0.29) is 0 Å². The second-order valence-electron chi connectivity index (χ2n) is 2.47. The molecular formula is C6H12O2S2. The van der Waals surface area contributed by atoms with Gasteiger partial charge in [-0.2, -0.15) is 11.8 Å². The van der Waals surface area contributed by atoms with E-state index in [1.54, 1.807) is 0 Å². The fourth-order valence-corrected chi connectivity index (χ4v) is 3.60. The van der Waals surface area contributed by atoms with E-state index < -0.39 is 9.84 Å². The Bertz CT molecular complexity index is 170. The molecule has 0 spiro atoms. The minimum Gasteiger partial charge on any atom is -0.229 e. The largest absolute Gasteiger partial charge is 0.229 e. The van der Waals surface area contributed by atoms with Gasteiger partial charge in [0.05, 0.1) is 11.5 Å². The Morgan fingerprint density at radius 3 is 2.00 bits per heavy atom. The lowest BCUT2D eigenvalue weighted by Crippen LogP contribution is -2.14. The Labute approximate surface area is 66.3 Å². The molecule has 10 heavy (non-hydrogen) atoms. The van der Waals surface area contributed by atoms with Crippen LogP contribution in [0.2, 0.25) is 0 Å². The van der Waals surface area contributed by atoms with Crippen LogP contribution in [0, 0.1) is 0 Å². The van der Waals surface area contributed by atoms with Crippen molar-refractivity contribution in [3.05, 3.63) is 0 Å². The highest BCUT2D eigenvalue weighted by molar-refractivity contribution is 7.99. The summed E-state index contributed by atoms with van der Waals surface area (Å²) in [7, 11) is -2.66. The van der Waals surface area contributed by atoms with Crippen molar-refractivity contribution in [2.24, 2.45) is 0 Å². The molecule has 0 saturated carbocycles. The monoisotopic (exact) mass is 180 g/mol. The predicted molar refractivity (Wildman–Crippen MR) is 45.2 cm³/mol. The van der Waals surface area contributed by atoms with E-state index in [1.807, 2.05) is 11.8 Å². The van der Waals surface area contributed by atoms with Crippen molar-refractivity contribution in [3.63, 3.8) is 0 Å². The second-order valence-corrected chi connectivity index (χ2v) is 6.00. The molecule has 1 rings (SSSR count).